The molecule has 0 bridgehead atoms. The molecule has 0 aliphatic heterocycles. The second kappa shape index (κ2) is 6.42. The van der Waals surface area contributed by atoms with Crippen LogP contribution in [-0.4, -0.2) is 23.0 Å². The summed E-state index contributed by atoms with van der Waals surface area (Å²) < 4.78 is 7.29. The van der Waals surface area contributed by atoms with Crippen molar-refractivity contribution >= 4 is 59.4 Å². The Morgan fingerprint density at radius 2 is 2.00 bits per heavy atom. The molecule has 1 N–H and O–H groups in total. The molecule has 0 aliphatic carbocycles. The van der Waals surface area contributed by atoms with Gasteiger partial charge in [0, 0.05) is 27.7 Å². The molecule has 0 aliphatic rings. The molecule has 1 amide bonds. The molecule has 2 aromatic heterocycles. The number of methoxy groups -OCH3 is 1. The molecule has 25 heavy (non-hydrogen) atoms. The molecule has 2 aromatic carbocycles. The Hall–Kier alpha value is -2.51. The fraction of sp³-hybridized carbons (Fsp3) is 0.0556. The number of hydrogen-bond acceptors (Lipinski definition) is 5. The van der Waals surface area contributed by atoms with Crippen LogP contribution in [0.25, 0.3) is 21.1 Å². The van der Waals surface area contributed by atoms with E-state index in [4.69, 9.17) is 4.74 Å². The van der Waals surface area contributed by atoms with Gasteiger partial charge in [-0.25, -0.2) is 4.98 Å². The summed E-state index contributed by atoms with van der Waals surface area (Å²) in [6.45, 7) is 0. The molecule has 0 atom stereocenters. The molecule has 0 spiro atoms. The van der Waals surface area contributed by atoms with E-state index in [1.165, 1.54) is 11.3 Å². The van der Waals surface area contributed by atoms with Crippen LogP contribution in [0.4, 0.5) is 5.13 Å². The number of thiazole rings is 1. The molecular weight excluding hydrogens is 402 g/mol. The fourth-order valence-corrected chi connectivity index (χ4v) is 3.75. The quantitative estimate of drug-likeness (QED) is 0.520. The third kappa shape index (κ3) is 2.96. The molecule has 0 saturated carbocycles. The van der Waals surface area contributed by atoms with Crippen molar-refractivity contribution in [2.75, 3.05) is 12.4 Å². The number of aromatic nitrogens is 2. The highest BCUT2D eigenvalue weighted by atomic mass is 79.9. The van der Waals surface area contributed by atoms with Gasteiger partial charge in [0.05, 0.1) is 17.3 Å². The minimum absolute atomic E-state index is 0.194. The van der Waals surface area contributed by atoms with Gasteiger partial charge in [0.1, 0.15) is 11.3 Å². The summed E-state index contributed by atoms with van der Waals surface area (Å²) in [6, 6.07) is 12.9. The number of carbonyl (C=O) groups is 1. The van der Waals surface area contributed by atoms with Gasteiger partial charge in [0.25, 0.3) is 5.91 Å². The van der Waals surface area contributed by atoms with Crippen molar-refractivity contribution in [1.29, 1.82) is 0 Å². The predicted molar refractivity (Wildman–Crippen MR) is 104 cm³/mol. The molecule has 4 rings (SSSR count). The molecule has 0 unspecified atom stereocenters. The summed E-state index contributed by atoms with van der Waals surface area (Å²) in [7, 11) is 1.62. The van der Waals surface area contributed by atoms with Crippen molar-refractivity contribution in [3.05, 3.63) is 58.7 Å². The van der Waals surface area contributed by atoms with Crippen LogP contribution in [0.5, 0.6) is 5.75 Å². The number of pyridine rings is 1. The van der Waals surface area contributed by atoms with Crippen molar-refractivity contribution in [3.8, 4) is 5.75 Å². The van der Waals surface area contributed by atoms with Crippen LogP contribution in [0.3, 0.4) is 0 Å². The lowest BCUT2D eigenvalue weighted by Gasteiger charge is -2.04. The van der Waals surface area contributed by atoms with Crippen LogP contribution < -0.4 is 10.1 Å². The maximum absolute atomic E-state index is 12.4. The maximum atomic E-state index is 12.4. The Morgan fingerprint density at radius 1 is 1.20 bits per heavy atom. The summed E-state index contributed by atoms with van der Waals surface area (Å²) >= 11 is 4.77. The minimum atomic E-state index is -0.194. The largest absolute Gasteiger partial charge is 0.494 e. The van der Waals surface area contributed by atoms with Crippen molar-refractivity contribution in [3.63, 3.8) is 0 Å². The summed E-state index contributed by atoms with van der Waals surface area (Å²) in [5.41, 5.74) is 2.14. The second-order valence-electron chi connectivity index (χ2n) is 5.31. The third-order valence-electron chi connectivity index (χ3n) is 3.76. The number of hydrogen-bond donors (Lipinski definition) is 1. The van der Waals surface area contributed by atoms with Gasteiger partial charge in [-0.1, -0.05) is 27.3 Å². The van der Waals surface area contributed by atoms with Crippen LogP contribution in [0.2, 0.25) is 0 Å². The fourth-order valence-electron chi connectivity index (χ4n) is 2.58. The summed E-state index contributed by atoms with van der Waals surface area (Å²) in [5, 5.41) is 4.30. The predicted octanol–water partition coefficient (Wildman–Crippen LogP) is 4.87. The Bertz CT molecular complexity index is 1090. The number of nitrogens with one attached hydrogen (secondary N) is 1. The molecule has 0 saturated heterocycles. The molecular formula is C18H12BrN3O2S. The highest BCUT2D eigenvalue weighted by Gasteiger charge is 2.14. The first-order chi connectivity index (χ1) is 12.2. The van der Waals surface area contributed by atoms with Gasteiger partial charge in [-0.05, 0) is 36.4 Å². The number of anilines is 1. The zero-order valence-corrected chi connectivity index (χ0v) is 15.5. The van der Waals surface area contributed by atoms with Gasteiger partial charge >= 0.3 is 0 Å². The SMILES string of the molecule is COc1cc2sc(NC(=O)c3ccc(Br)cc3)nc2c2cccnc12. The maximum Gasteiger partial charge on any atom is 0.257 e. The Labute approximate surface area is 155 Å². The normalized spacial score (nSPS) is 11.0. The van der Waals surface area contributed by atoms with Crippen molar-refractivity contribution in [1.82, 2.24) is 9.97 Å². The number of halogens is 1. The Morgan fingerprint density at radius 3 is 2.76 bits per heavy atom. The number of rotatable bonds is 3. The highest BCUT2D eigenvalue weighted by molar-refractivity contribution is 9.10. The van der Waals surface area contributed by atoms with E-state index in [-0.39, 0.29) is 5.91 Å². The van der Waals surface area contributed by atoms with Gasteiger partial charge in [0.15, 0.2) is 5.13 Å². The Kier molecular flexibility index (Phi) is 4.10. The first kappa shape index (κ1) is 16.0. The number of nitrogens with zero attached hydrogens (tertiary/aromatic N) is 2. The Balaban J connectivity index is 1.75. The lowest BCUT2D eigenvalue weighted by Crippen LogP contribution is -2.11. The van der Waals surface area contributed by atoms with E-state index in [0.29, 0.717) is 16.4 Å². The first-order valence-corrected chi connectivity index (χ1v) is 9.06. The van der Waals surface area contributed by atoms with Crippen molar-refractivity contribution in [2.24, 2.45) is 0 Å². The molecule has 5 nitrogen and oxygen atoms in total. The number of benzene rings is 2. The second-order valence-corrected chi connectivity index (χ2v) is 7.25. The van der Waals surface area contributed by atoms with Crippen LogP contribution in [0.1, 0.15) is 10.4 Å². The van der Waals surface area contributed by atoms with E-state index < -0.39 is 0 Å². The number of ether oxygens (including phenoxy) is 1. The lowest BCUT2D eigenvalue weighted by molar-refractivity contribution is 0.102. The first-order valence-electron chi connectivity index (χ1n) is 7.45. The van der Waals surface area contributed by atoms with E-state index in [0.717, 1.165) is 25.6 Å². The van der Waals surface area contributed by atoms with Crippen LogP contribution in [0.15, 0.2) is 53.1 Å². The topological polar surface area (TPSA) is 64.1 Å². The van der Waals surface area contributed by atoms with E-state index in [9.17, 15) is 4.79 Å². The van der Waals surface area contributed by atoms with E-state index in [1.807, 2.05) is 30.3 Å². The van der Waals surface area contributed by atoms with Gasteiger partial charge in [-0.15, -0.1) is 0 Å². The molecule has 7 heteroatoms. The average molecular weight is 414 g/mol. The average Bonchev–Trinajstić information content (AvgIpc) is 3.04. The number of carbonyl (C=O) groups excluding carboxylic acids is 1. The molecule has 124 valence electrons. The third-order valence-corrected chi connectivity index (χ3v) is 5.21. The van der Waals surface area contributed by atoms with Gasteiger partial charge in [0.2, 0.25) is 0 Å². The van der Waals surface area contributed by atoms with Crippen LogP contribution in [-0.2, 0) is 0 Å². The van der Waals surface area contributed by atoms with E-state index in [1.54, 1.807) is 25.4 Å². The van der Waals surface area contributed by atoms with E-state index >= 15 is 0 Å². The summed E-state index contributed by atoms with van der Waals surface area (Å²) in [5.74, 6) is 0.499. The van der Waals surface area contributed by atoms with Gasteiger partial charge in [-0.2, -0.15) is 0 Å². The van der Waals surface area contributed by atoms with E-state index in [2.05, 4.69) is 31.2 Å². The standard InChI is InChI=1S/C18H12BrN3O2S/c1-24-13-9-14-16(12-3-2-8-20-15(12)13)21-18(25-14)22-17(23)10-4-6-11(19)7-5-10/h2-9H,1H3,(H,21,22,23). The lowest BCUT2D eigenvalue weighted by atomic mass is 10.2. The zero-order chi connectivity index (χ0) is 17.4. The molecule has 0 radical (unpaired) electrons. The molecule has 0 fully saturated rings. The smallest absolute Gasteiger partial charge is 0.257 e. The summed E-state index contributed by atoms with van der Waals surface area (Å²) in [6.07, 6.45) is 1.72. The van der Waals surface area contributed by atoms with Crippen molar-refractivity contribution in [2.45, 2.75) is 0 Å². The van der Waals surface area contributed by atoms with Gasteiger partial charge in [-0.3, -0.25) is 15.1 Å². The number of amides is 1. The van der Waals surface area contributed by atoms with Crippen LogP contribution >= 0.6 is 27.3 Å². The van der Waals surface area contributed by atoms with Crippen molar-refractivity contribution < 1.29 is 9.53 Å². The van der Waals surface area contributed by atoms with Crippen LogP contribution in [0, 0.1) is 0 Å². The molecule has 4 aromatic rings. The minimum Gasteiger partial charge on any atom is -0.494 e. The number of fused-ring (bicyclic) bond motifs is 3. The molecule has 2 heterocycles. The zero-order valence-electron chi connectivity index (χ0n) is 13.1. The van der Waals surface area contributed by atoms with Gasteiger partial charge < -0.3 is 4.74 Å². The monoisotopic (exact) mass is 413 g/mol. The summed E-state index contributed by atoms with van der Waals surface area (Å²) in [4.78, 5) is 21.3. The highest BCUT2D eigenvalue weighted by Crippen LogP contribution is 2.36.